The van der Waals surface area contributed by atoms with Crippen molar-refractivity contribution in [3.63, 3.8) is 0 Å². The number of hydrogen-bond donors (Lipinski definition) is 4. The Morgan fingerprint density at radius 2 is 1.66 bits per heavy atom. The molecule has 2 amide bonds. The third-order valence-electron chi connectivity index (χ3n) is 6.91. The van der Waals surface area contributed by atoms with Crippen LogP contribution >= 0.6 is 0 Å². The van der Waals surface area contributed by atoms with E-state index in [1.54, 1.807) is 29.7 Å². The number of allylic oxidation sites excluding steroid dienone is 2. The lowest BCUT2D eigenvalue weighted by molar-refractivity contribution is -0.684. The van der Waals surface area contributed by atoms with Crippen LogP contribution in [0.15, 0.2) is 78.0 Å². The van der Waals surface area contributed by atoms with Crippen LogP contribution in [0.25, 0.3) is 0 Å². The largest absolute Gasteiger partial charge is 0.320 e. The van der Waals surface area contributed by atoms with Crippen LogP contribution in [0.4, 0.5) is 17.1 Å². The summed E-state index contributed by atoms with van der Waals surface area (Å²) in [6.45, 7) is 3.56. The highest BCUT2D eigenvalue weighted by atomic mass is 32.2. The van der Waals surface area contributed by atoms with Crippen LogP contribution < -0.4 is 25.5 Å². The first-order valence-electron chi connectivity index (χ1n) is 13.3. The molecule has 1 heterocycles. The maximum absolute atomic E-state index is 13.3. The van der Waals surface area contributed by atoms with E-state index in [2.05, 4.69) is 45.2 Å². The van der Waals surface area contributed by atoms with Gasteiger partial charge in [-0.25, -0.2) is 8.42 Å². The molecule has 1 aromatic heterocycles. The second kappa shape index (κ2) is 13.2. The van der Waals surface area contributed by atoms with Gasteiger partial charge < -0.3 is 10.1 Å². The van der Waals surface area contributed by atoms with Crippen LogP contribution in [0, 0.1) is 13.8 Å². The number of aldehydes is 1. The fourth-order valence-electron chi connectivity index (χ4n) is 4.70. The number of pyridine rings is 1. The Kier molecular flexibility index (Phi) is 9.51. The van der Waals surface area contributed by atoms with Gasteiger partial charge in [0.25, 0.3) is 15.9 Å². The summed E-state index contributed by atoms with van der Waals surface area (Å²) < 4.78 is 30.9. The Morgan fingerprint density at radius 1 is 0.951 bits per heavy atom. The number of anilines is 3. The van der Waals surface area contributed by atoms with Crippen LogP contribution in [0.5, 0.6) is 0 Å². The quantitative estimate of drug-likeness (QED) is 0.0899. The average Bonchev–Trinajstić information content (AvgIpc) is 2.95. The predicted octanol–water partition coefficient (Wildman–Crippen LogP) is 3.89. The van der Waals surface area contributed by atoms with Gasteiger partial charge in [-0.2, -0.15) is 4.57 Å². The van der Waals surface area contributed by atoms with Gasteiger partial charge in [0.2, 0.25) is 12.5 Å². The van der Waals surface area contributed by atoms with Crippen LogP contribution in [-0.2, 0) is 31.0 Å². The number of hydrazine groups is 1. The number of carbonyl (C=O) groups excluding carboxylic acids is 3. The fourth-order valence-corrected chi connectivity index (χ4v) is 6.01. The molecule has 4 rings (SSSR count). The number of aromatic nitrogens is 1. The van der Waals surface area contributed by atoms with Crippen LogP contribution in [-0.4, -0.2) is 26.5 Å². The maximum Gasteiger partial charge on any atom is 0.290 e. The van der Waals surface area contributed by atoms with E-state index in [1.807, 2.05) is 19.3 Å². The number of amides is 2. The van der Waals surface area contributed by atoms with E-state index in [0.29, 0.717) is 34.8 Å². The van der Waals surface area contributed by atoms with Gasteiger partial charge >= 0.3 is 0 Å². The number of nitrogens with one attached hydrogen (secondary N) is 4. The van der Waals surface area contributed by atoms with Gasteiger partial charge in [0.1, 0.15) is 6.29 Å². The zero-order valence-corrected chi connectivity index (χ0v) is 23.8. The van der Waals surface area contributed by atoms with E-state index in [9.17, 15) is 22.8 Å². The summed E-state index contributed by atoms with van der Waals surface area (Å²) in [5.41, 5.74) is 8.70. The molecule has 2 aromatic carbocycles. The Bertz CT molecular complexity index is 1550. The molecular formula is C30H34N5O5S+. The number of carbonyl (C=O) groups is 3. The third-order valence-corrected chi connectivity index (χ3v) is 8.44. The lowest BCUT2D eigenvalue weighted by Gasteiger charge is -2.17. The van der Waals surface area contributed by atoms with E-state index >= 15 is 0 Å². The lowest BCUT2D eigenvalue weighted by atomic mass is 9.88. The number of benzene rings is 2. The van der Waals surface area contributed by atoms with Gasteiger partial charge in [0, 0.05) is 23.5 Å². The molecule has 1 atom stereocenters. The minimum atomic E-state index is -3.98. The maximum atomic E-state index is 13.3. The lowest BCUT2D eigenvalue weighted by Crippen LogP contribution is -2.39. The normalized spacial score (nSPS) is 14.6. The minimum absolute atomic E-state index is 0.0419. The highest BCUT2D eigenvalue weighted by Crippen LogP contribution is 2.29. The SMILES string of the molecule is Cc1ccc(S(=O)(=O)Nc2ccc(NNC(=O)CC=O)cc2)c(C)c1NC(=O)C[n+]1ccc(C2CC=CCC2)cc1. The van der Waals surface area contributed by atoms with Crippen LogP contribution in [0.1, 0.15) is 48.3 Å². The summed E-state index contributed by atoms with van der Waals surface area (Å²) in [5.74, 6) is -0.254. The molecule has 10 nitrogen and oxygen atoms in total. The number of aryl methyl sites for hydroxylation is 1. The Labute approximate surface area is 239 Å². The fraction of sp³-hybridized carbons (Fsp3) is 0.267. The molecule has 0 saturated carbocycles. The first kappa shape index (κ1) is 29.5. The van der Waals surface area contributed by atoms with Crippen molar-refractivity contribution in [2.24, 2.45) is 0 Å². The summed E-state index contributed by atoms with van der Waals surface area (Å²) in [7, 11) is -3.98. The van der Waals surface area contributed by atoms with Crippen molar-refractivity contribution in [3.05, 3.63) is 89.8 Å². The summed E-state index contributed by atoms with van der Waals surface area (Å²) in [5, 5.41) is 2.90. The van der Waals surface area contributed by atoms with Gasteiger partial charge in [-0.15, -0.1) is 0 Å². The van der Waals surface area contributed by atoms with Crippen LogP contribution in [0.3, 0.4) is 0 Å². The van der Waals surface area contributed by atoms with Gasteiger partial charge in [0.15, 0.2) is 12.4 Å². The summed E-state index contributed by atoms with van der Waals surface area (Å²) in [6, 6.07) is 13.5. The molecular weight excluding hydrogens is 542 g/mol. The van der Waals surface area contributed by atoms with Crippen molar-refractivity contribution in [2.75, 3.05) is 15.5 Å². The topological polar surface area (TPSA) is 137 Å². The van der Waals surface area contributed by atoms with Gasteiger partial charge in [0.05, 0.1) is 17.0 Å². The van der Waals surface area contributed by atoms with Crippen molar-refractivity contribution < 1.29 is 27.4 Å². The molecule has 1 aliphatic carbocycles. The number of nitrogens with zero attached hydrogens (tertiary/aromatic N) is 1. The molecule has 4 N–H and O–H groups in total. The summed E-state index contributed by atoms with van der Waals surface area (Å²) in [6.07, 6.45) is 11.7. The molecule has 3 aromatic rings. The highest BCUT2D eigenvalue weighted by molar-refractivity contribution is 7.92. The molecule has 0 bridgehead atoms. The highest BCUT2D eigenvalue weighted by Gasteiger charge is 2.22. The minimum Gasteiger partial charge on any atom is -0.320 e. The molecule has 1 aliphatic rings. The van der Waals surface area contributed by atoms with Crippen LogP contribution in [0.2, 0.25) is 0 Å². The van der Waals surface area contributed by atoms with Crippen molar-refractivity contribution in [1.29, 1.82) is 0 Å². The number of rotatable bonds is 11. The molecule has 1 unspecified atom stereocenters. The second-order valence-corrected chi connectivity index (χ2v) is 11.6. The summed E-state index contributed by atoms with van der Waals surface area (Å²) in [4.78, 5) is 34.8. The first-order chi connectivity index (χ1) is 19.7. The van der Waals surface area contributed by atoms with Crippen molar-refractivity contribution in [1.82, 2.24) is 5.43 Å². The van der Waals surface area contributed by atoms with E-state index in [0.717, 1.165) is 24.8 Å². The molecule has 41 heavy (non-hydrogen) atoms. The molecule has 0 radical (unpaired) electrons. The Hall–Kier alpha value is -4.51. The molecule has 11 heteroatoms. The van der Waals surface area contributed by atoms with Crippen molar-refractivity contribution in [3.8, 4) is 0 Å². The zero-order chi connectivity index (χ0) is 29.4. The third kappa shape index (κ3) is 7.79. The molecule has 0 aliphatic heterocycles. The smallest absolute Gasteiger partial charge is 0.290 e. The van der Waals surface area contributed by atoms with Gasteiger partial charge in [-0.1, -0.05) is 18.2 Å². The first-order valence-corrected chi connectivity index (χ1v) is 14.8. The van der Waals surface area contributed by atoms with E-state index in [-0.39, 0.29) is 23.8 Å². The zero-order valence-electron chi connectivity index (χ0n) is 23.0. The van der Waals surface area contributed by atoms with Gasteiger partial charge in [-0.3, -0.25) is 25.2 Å². The van der Waals surface area contributed by atoms with Crippen molar-refractivity contribution in [2.45, 2.75) is 56.9 Å². The Balaban J connectivity index is 1.41. The standard InChI is InChI=1S/C30H33N5O5S/c1-21-8-13-27(41(39,40)34-26-11-9-25(10-12-26)32-33-28(37)16-19-36)22(2)30(21)31-29(38)20-35-17-14-24(15-18-35)23-6-4-3-5-7-23/h3-4,8-15,17-19,23,32,34H,5-7,16,20H2,1-2H3,(H-,31,33,37,38)/p+1. The Morgan fingerprint density at radius 3 is 2.32 bits per heavy atom. The molecule has 214 valence electrons. The van der Waals surface area contributed by atoms with E-state index < -0.39 is 15.9 Å². The predicted molar refractivity (Wildman–Crippen MR) is 157 cm³/mol. The summed E-state index contributed by atoms with van der Waals surface area (Å²) >= 11 is 0. The van der Waals surface area contributed by atoms with Crippen molar-refractivity contribution >= 4 is 45.2 Å². The monoisotopic (exact) mass is 576 g/mol. The number of hydrogen-bond acceptors (Lipinski definition) is 6. The molecule has 0 saturated heterocycles. The molecule has 0 fully saturated rings. The van der Waals surface area contributed by atoms with E-state index in [1.165, 1.54) is 23.8 Å². The second-order valence-electron chi connectivity index (χ2n) is 9.94. The molecule has 0 spiro atoms. The number of sulfonamides is 1. The van der Waals surface area contributed by atoms with Gasteiger partial charge in [-0.05, 0) is 86.1 Å². The van der Waals surface area contributed by atoms with E-state index in [4.69, 9.17) is 0 Å². The average molecular weight is 577 g/mol.